The number of imidazole rings is 1. The molecule has 2 aromatic heterocycles. The van der Waals surface area contributed by atoms with Crippen LogP contribution in [0, 0.1) is 0 Å². The molecule has 0 fully saturated rings. The third-order valence-electron chi connectivity index (χ3n) is 3.87. The molecule has 7 heteroatoms. The number of para-hydroxylation sites is 3. The number of aromatic hydroxyl groups is 1. The Labute approximate surface area is 143 Å². The molecule has 0 amide bonds. The number of nitrogens with two attached hydrogens (primary N) is 2. The molecule has 0 saturated heterocycles. The van der Waals surface area contributed by atoms with Crippen molar-refractivity contribution in [1.29, 1.82) is 0 Å². The van der Waals surface area contributed by atoms with E-state index < -0.39 is 0 Å². The van der Waals surface area contributed by atoms with E-state index in [-0.39, 0.29) is 5.75 Å². The molecule has 0 aliphatic heterocycles. The number of hydrogen-bond donors (Lipinski definition) is 4. The fourth-order valence-corrected chi connectivity index (χ4v) is 2.62. The molecular weight excluding hydrogens is 316 g/mol. The highest BCUT2D eigenvalue weighted by Crippen LogP contribution is 2.29. The summed E-state index contributed by atoms with van der Waals surface area (Å²) in [5.74, 6) is 1.08. The quantitative estimate of drug-likeness (QED) is 0.460. The van der Waals surface area contributed by atoms with E-state index >= 15 is 0 Å². The van der Waals surface area contributed by atoms with Crippen LogP contribution >= 0.6 is 0 Å². The normalized spacial score (nSPS) is 11.9. The molecular formula is C18H16N6O. The average molecular weight is 332 g/mol. The maximum absolute atomic E-state index is 9.96. The Bertz CT molecular complexity index is 1060. The van der Waals surface area contributed by atoms with Gasteiger partial charge in [0.1, 0.15) is 11.6 Å². The third kappa shape index (κ3) is 2.67. The lowest BCUT2D eigenvalue weighted by Gasteiger charge is -2.00. The van der Waals surface area contributed by atoms with Crippen molar-refractivity contribution in [2.75, 3.05) is 5.73 Å². The van der Waals surface area contributed by atoms with Crippen LogP contribution in [0.5, 0.6) is 5.75 Å². The lowest BCUT2D eigenvalue weighted by molar-refractivity contribution is 0.477. The number of anilines is 1. The van der Waals surface area contributed by atoms with Gasteiger partial charge in [-0.05, 0) is 24.3 Å². The molecule has 0 bridgehead atoms. The first kappa shape index (κ1) is 14.8. The van der Waals surface area contributed by atoms with Crippen LogP contribution in [0.3, 0.4) is 0 Å². The summed E-state index contributed by atoms with van der Waals surface area (Å²) in [7, 11) is 0. The number of H-pyrrole nitrogens is 1. The zero-order chi connectivity index (χ0) is 17.4. The summed E-state index contributed by atoms with van der Waals surface area (Å²) in [5, 5.41) is 14.4. The average Bonchev–Trinajstić information content (AvgIpc) is 3.19. The largest absolute Gasteiger partial charge is 0.507 e. The minimum Gasteiger partial charge on any atom is -0.507 e. The summed E-state index contributed by atoms with van der Waals surface area (Å²) < 4.78 is 1.46. The standard InChI is InChI=1S/C18H16N6O/c19-12(18-21-13-6-2-3-7-14(13)22-18)10-24-17(20)9-15(23-24)11-5-1-4-8-16(11)25/h1-10,25H,19-20H2,(H,21,22)/b12-10-. The molecule has 6 N–H and O–H groups in total. The summed E-state index contributed by atoms with van der Waals surface area (Å²) in [6.45, 7) is 0. The van der Waals surface area contributed by atoms with Crippen molar-refractivity contribution in [3.63, 3.8) is 0 Å². The van der Waals surface area contributed by atoms with Gasteiger partial charge in [-0.2, -0.15) is 5.10 Å². The second-order valence-corrected chi connectivity index (χ2v) is 5.60. The Balaban J connectivity index is 1.72. The van der Waals surface area contributed by atoms with Crippen LogP contribution in [-0.4, -0.2) is 24.9 Å². The van der Waals surface area contributed by atoms with Gasteiger partial charge in [-0.15, -0.1) is 0 Å². The zero-order valence-electron chi connectivity index (χ0n) is 13.2. The number of rotatable bonds is 3. The van der Waals surface area contributed by atoms with Crippen molar-refractivity contribution in [3.8, 4) is 17.0 Å². The molecule has 124 valence electrons. The molecule has 2 heterocycles. The van der Waals surface area contributed by atoms with Crippen LogP contribution in [-0.2, 0) is 0 Å². The molecule has 25 heavy (non-hydrogen) atoms. The highest BCUT2D eigenvalue weighted by molar-refractivity contribution is 5.81. The SMILES string of the molecule is N/C(=C\n1nc(-c2ccccc2O)cc1N)c1nc2ccccc2[nH]1. The number of nitrogen functional groups attached to an aromatic ring is 1. The number of nitrogens with zero attached hydrogens (tertiary/aromatic N) is 3. The van der Waals surface area contributed by atoms with Gasteiger partial charge < -0.3 is 21.6 Å². The first-order valence-corrected chi connectivity index (χ1v) is 7.67. The topological polar surface area (TPSA) is 119 Å². The Morgan fingerprint density at radius 2 is 1.88 bits per heavy atom. The van der Waals surface area contributed by atoms with Gasteiger partial charge in [-0.25, -0.2) is 9.67 Å². The summed E-state index contributed by atoms with van der Waals surface area (Å²) in [5.41, 5.74) is 15.4. The van der Waals surface area contributed by atoms with E-state index in [0.717, 1.165) is 11.0 Å². The van der Waals surface area contributed by atoms with E-state index in [0.29, 0.717) is 28.6 Å². The van der Waals surface area contributed by atoms with Gasteiger partial charge in [0.2, 0.25) is 0 Å². The van der Waals surface area contributed by atoms with Crippen LogP contribution in [0.15, 0.2) is 54.6 Å². The molecule has 7 nitrogen and oxygen atoms in total. The minimum atomic E-state index is 0.140. The van der Waals surface area contributed by atoms with Crippen molar-refractivity contribution in [3.05, 3.63) is 60.4 Å². The first-order chi connectivity index (χ1) is 12.1. The molecule has 4 aromatic rings. The maximum Gasteiger partial charge on any atom is 0.156 e. The van der Waals surface area contributed by atoms with Crippen LogP contribution in [0.4, 0.5) is 5.82 Å². The van der Waals surface area contributed by atoms with Gasteiger partial charge in [-0.1, -0.05) is 24.3 Å². The summed E-state index contributed by atoms with van der Waals surface area (Å²) >= 11 is 0. The highest BCUT2D eigenvalue weighted by atomic mass is 16.3. The van der Waals surface area contributed by atoms with Crippen molar-refractivity contribution in [1.82, 2.24) is 19.7 Å². The molecule has 0 aliphatic carbocycles. The third-order valence-corrected chi connectivity index (χ3v) is 3.87. The summed E-state index contributed by atoms with van der Waals surface area (Å²) in [6.07, 6.45) is 1.59. The van der Waals surface area contributed by atoms with Crippen molar-refractivity contribution >= 4 is 28.7 Å². The highest BCUT2D eigenvalue weighted by Gasteiger charge is 2.11. The molecule has 0 atom stereocenters. The van der Waals surface area contributed by atoms with Crippen LogP contribution in [0.1, 0.15) is 5.82 Å². The molecule has 0 saturated carbocycles. The number of aromatic amines is 1. The van der Waals surface area contributed by atoms with E-state index in [1.807, 2.05) is 30.3 Å². The van der Waals surface area contributed by atoms with E-state index in [2.05, 4.69) is 15.1 Å². The Morgan fingerprint density at radius 1 is 1.12 bits per heavy atom. The molecule has 0 spiro atoms. The lowest BCUT2D eigenvalue weighted by atomic mass is 10.1. The predicted molar refractivity (Wildman–Crippen MR) is 98.2 cm³/mol. The molecule has 0 radical (unpaired) electrons. The fraction of sp³-hybridized carbons (Fsp3) is 0. The van der Waals surface area contributed by atoms with Gasteiger partial charge in [0.25, 0.3) is 0 Å². The van der Waals surface area contributed by atoms with Crippen molar-refractivity contribution < 1.29 is 5.11 Å². The monoisotopic (exact) mass is 332 g/mol. The van der Waals surface area contributed by atoms with Gasteiger partial charge in [0.05, 0.1) is 28.6 Å². The fourth-order valence-electron chi connectivity index (χ4n) is 2.62. The molecule has 0 aliphatic rings. The van der Waals surface area contributed by atoms with Gasteiger partial charge >= 0.3 is 0 Å². The number of aromatic nitrogens is 4. The summed E-state index contributed by atoms with van der Waals surface area (Å²) in [4.78, 5) is 7.60. The maximum atomic E-state index is 9.96. The van der Waals surface area contributed by atoms with Crippen LogP contribution in [0.2, 0.25) is 0 Å². The zero-order valence-corrected chi connectivity index (χ0v) is 13.2. The number of hydrogen-bond acceptors (Lipinski definition) is 5. The number of fused-ring (bicyclic) bond motifs is 1. The Morgan fingerprint density at radius 3 is 2.68 bits per heavy atom. The summed E-state index contributed by atoms with van der Waals surface area (Å²) in [6, 6.07) is 16.3. The Hall–Kier alpha value is -3.74. The predicted octanol–water partition coefficient (Wildman–Crippen LogP) is 2.63. The van der Waals surface area contributed by atoms with E-state index in [1.165, 1.54) is 4.68 Å². The number of phenolic OH excluding ortho intramolecular Hbond substituents is 1. The number of nitrogens with one attached hydrogen (secondary N) is 1. The van der Waals surface area contributed by atoms with Gasteiger partial charge in [-0.3, -0.25) is 0 Å². The van der Waals surface area contributed by atoms with E-state index in [9.17, 15) is 5.11 Å². The van der Waals surface area contributed by atoms with E-state index in [4.69, 9.17) is 11.5 Å². The van der Waals surface area contributed by atoms with Crippen LogP contribution in [0.25, 0.3) is 34.2 Å². The number of benzene rings is 2. The van der Waals surface area contributed by atoms with Crippen molar-refractivity contribution in [2.24, 2.45) is 5.73 Å². The van der Waals surface area contributed by atoms with Crippen LogP contribution < -0.4 is 11.5 Å². The molecule has 4 rings (SSSR count). The number of phenols is 1. The smallest absolute Gasteiger partial charge is 0.156 e. The lowest BCUT2D eigenvalue weighted by Crippen LogP contribution is -2.04. The molecule has 0 unspecified atom stereocenters. The van der Waals surface area contributed by atoms with Crippen molar-refractivity contribution in [2.45, 2.75) is 0 Å². The second kappa shape index (κ2) is 5.72. The molecule has 2 aromatic carbocycles. The van der Waals surface area contributed by atoms with E-state index in [1.54, 1.807) is 30.5 Å². The van der Waals surface area contributed by atoms with Gasteiger partial charge in [0.15, 0.2) is 5.82 Å². The first-order valence-electron chi connectivity index (χ1n) is 7.67. The Kier molecular flexibility index (Phi) is 3.39. The minimum absolute atomic E-state index is 0.140. The second-order valence-electron chi connectivity index (χ2n) is 5.60. The van der Waals surface area contributed by atoms with Gasteiger partial charge in [0, 0.05) is 11.6 Å².